The quantitative estimate of drug-likeness (QED) is 0.869. The molecular weight excluding hydrogens is 328 g/mol. The van der Waals surface area contributed by atoms with Gasteiger partial charge in [0.05, 0.1) is 0 Å². The second-order valence-corrected chi connectivity index (χ2v) is 4.85. The van der Waals surface area contributed by atoms with E-state index >= 15 is 0 Å². The maximum Gasteiger partial charge on any atom is 0.244 e. The van der Waals surface area contributed by atoms with Crippen LogP contribution in [0.2, 0.25) is 0 Å². The molecule has 0 spiro atoms. The summed E-state index contributed by atoms with van der Waals surface area (Å²) < 4.78 is 53.5. The van der Waals surface area contributed by atoms with Crippen LogP contribution in [0.15, 0.2) is 36.4 Å². The number of rotatable bonds is 4. The van der Waals surface area contributed by atoms with Gasteiger partial charge in [-0.3, -0.25) is 14.5 Å². The zero-order valence-corrected chi connectivity index (χ0v) is 12.4. The van der Waals surface area contributed by atoms with Gasteiger partial charge in [-0.15, -0.1) is 0 Å². The number of nitrogens with zero attached hydrogens (tertiary/aromatic N) is 1. The van der Waals surface area contributed by atoms with Crippen molar-refractivity contribution in [2.45, 2.75) is 6.92 Å². The van der Waals surface area contributed by atoms with E-state index < -0.39 is 47.3 Å². The van der Waals surface area contributed by atoms with E-state index in [1.54, 1.807) is 0 Å². The van der Waals surface area contributed by atoms with Gasteiger partial charge in [-0.2, -0.15) is 0 Å². The van der Waals surface area contributed by atoms with Crippen LogP contribution in [0.4, 0.5) is 28.9 Å². The summed E-state index contributed by atoms with van der Waals surface area (Å²) in [6.45, 7) is 0.336. The van der Waals surface area contributed by atoms with Crippen molar-refractivity contribution in [1.29, 1.82) is 0 Å². The summed E-state index contributed by atoms with van der Waals surface area (Å²) in [5.41, 5.74) is -0.721. The smallest absolute Gasteiger partial charge is 0.244 e. The van der Waals surface area contributed by atoms with E-state index in [1.807, 2.05) is 0 Å². The lowest BCUT2D eigenvalue weighted by Gasteiger charge is -2.21. The van der Waals surface area contributed by atoms with Gasteiger partial charge in [0.25, 0.3) is 0 Å². The lowest BCUT2D eigenvalue weighted by atomic mass is 10.2. The molecule has 0 fully saturated rings. The molecule has 0 saturated carbocycles. The Hall–Kier alpha value is -2.90. The van der Waals surface area contributed by atoms with Gasteiger partial charge in [0.2, 0.25) is 11.8 Å². The van der Waals surface area contributed by atoms with Gasteiger partial charge in [-0.25, -0.2) is 17.6 Å². The summed E-state index contributed by atoms with van der Waals surface area (Å²) in [5.74, 6) is -5.88. The van der Waals surface area contributed by atoms with Crippen molar-refractivity contribution in [3.63, 3.8) is 0 Å². The topological polar surface area (TPSA) is 49.4 Å². The second kappa shape index (κ2) is 7.12. The Morgan fingerprint density at radius 3 is 2.12 bits per heavy atom. The number of amides is 2. The summed E-state index contributed by atoms with van der Waals surface area (Å²) in [5, 5.41) is 2.22. The van der Waals surface area contributed by atoms with E-state index in [-0.39, 0.29) is 5.69 Å². The van der Waals surface area contributed by atoms with Gasteiger partial charge < -0.3 is 5.32 Å². The van der Waals surface area contributed by atoms with Crippen molar-refractivity contribution in [1.82, 2.24) is 0 Å². The predicted octanol–water partition coefficient (Wildman–Crippen LogP) is 3.23. The number of carbonyl (C=O) groups excluding carboxylic acids is 2. The van der Waals surface area contributed by atoms with Crippen molar-refractivity contribution in [2.24, 2.45) is 0 Å². The number of para-hydroxylation sites is 1. The van der Waals surface area contributed by atoms with Crippen molar-refractivity contribution in [3.05, 3.63) is 59.7 Å². The third-order valence-electron chi connectivity index (χ3n) is 3.09. The third-order valence-corrected chi connectivity index (χ3v) is 3.09. The number of carbonyl (C=O) groups is 2. The molecule has 1 N–H and O–H groups in total. The number of halogens is 4. The fraction of sp³-hybridized carbons (Fsp3) is 0.125. The maximum atomic E-state index is 13.8. The van der Waals surface area contributed by atoms with Gasteiger partial charge in [0, 0.05) is 18.7 Å². The molecular formula is C16H12F4N2O2. The van der Waals surface area contributed by atoms with Crippen LogP contribution in [0.1, 0.15) is 6.92 Å². The zero-order chi connectivity index (χ0) is 17.9. The van der Waals surface area contributed by atoms with Crippen molar-refractivity contribution in [2.75, 3.05) is 16.8 Å². The van der Waals surface area contributed by atoms with Gasteiger partial charge in [0.15, 0.2) is 11.6 Å². The molecule has 24 heavy (non-hydrogen) atoms. The molecule has 126 valence electrons. The molecule has 4 nitrogen and oxygen atoms in total. The van der Waals surface area contributed by atoms with Crippen molar-refractivity contribution in [3.8, 4) is 0 Å². The molecule has 0 aliphatic heterocycles. The molecule has 2 aromatic carbocycles. The third kappa shape index (κ3) is 3.89. The summed E-state index contributed by atoms with van der Waals surface area (Å²) in [6, 6.07) is 5.68. The average molecular weight is 340 g/mol. The van der Waals surface area contributed by atoms with Gasteiger partial charge in [-0.1, -0.05) is 6.07 Å². The molecule has 0 saturated heterocycles. The summed E-state index contributed by atoms with van der Waals surface area (Å²) >= 11 is 0. The Morgan fingerprint density at radius 1 is 0.958 bits per heavy atom. The predicted molar refractivity (Wildman–Crippen MR) is 79.4 cm³/mol. The van der Waals surface area contributed by atoms with E-state index in [0.29, 0.717) is 4.90 Å². The number of hydrogen-bond donors (Lipinski definition) is 1. The Kier molecular flexibility index (Phi) is 5.18. The minimum Gasteiger partial charge on any atom is -0.324 e. The highest BCUT2D eigenvalue weighted by Gasteiger charge is 2.22. The monoisotopic (exact) mass is 340 g/mol. The molecule has 0 bridgehead atoms. The first-order valence-electron chi connectivity index (χ1n) is 6.76. The lowest BCUT2D eigenvalue weighted by Crippen LogP contribution is -2.37. The van der Waals surface area contributed by atoms with Crippen LogP contribution in [0, 0.1) is 23.3 Å². The van der Waals surface area contributed by atoms with E-state index in [1.165, 1.54) is 0 Å². The minimum absolute atomic E-state index is 0.0589. The number of nitrogens with one attached hydrogen (secondary N) is 1. The maximum absolute atomic E-state index is 13.8. The van der Waals surface area contributed by atoms with Gasteiger partial charge in [0.1, 0.15) is 23.9 Å². The second-order valence-electron chi connectivity index (χ2n) is 4.85. The summed E-state index contributed by atoms with van der Waals surface area (Å²) in [6.07, 6.45) is 0. The minimum atomic E-state index is -1.17. The van der Waals surface area contributed by atoms with Crippen LogP contribution >= 0.6 is 0 Å². The fourth-order valence-electron chi connectivity index (χ4n) is 2.01. The van der Waals surface area contributed by atoms with Crippen molar-refractivity contribution < 1.29 is 27.2 Å². The Morgan fingerprint density at radius 2 is 1.58 bits per heavy atom. The standard InChI is InChI=1S/C16H12F4N2O2/c1-9(23)22(16-12(18)3-2-4-13(16)19)8-15(24)21-10-5-6-11(17)14(20)7-10/h2-7H,8H2,1H3,(H,21,24). The van der Waals surface area contributed by atoms with E-state index in [2.05, 4.69) is 5.32 Å². The molecule has 0 radical (unpaired) electrons. The van der Waals surface area contributed by atoms with E-state index in [0.717, 1.165) is 43.3 Å². The van der Waals surface area contributed by atoms with E-state index in [4.69, 9.17) is 0 Å². The SMILES string of the molecule is CC(=O)N(CC(=O)Nc1ccc(F)c(F)c1)c1c(F)cccc1F. The highest BCUT2D eigenvalue weighted by Crippen LogP contribution is 2.23. The van der Waals surface area contributed by atoms with Gasteiger partial charge >= 0.3 is 0 Å². The molecule has 0 heterocycles. The fourth-order valence-corrected chi connectivity index (χ4v) is 2.01. The molecule has 0 aliphatic rings. The highest BCUT2D eigenvalue weighted by atomic mass is 19.2. The number of hydrogen-bond acceptors (Lipinski definition) is 2. The normalized spacial score (nSPS) is 10.4. The van der Waals surface area contributed by atoms with Crippen LogP contribution in [0.3, 0.4) is 0 Å². The Labute approximate surface area is 134 Å². The summed E-state index contributed by atoms with van der Waals surface area (Å²) in [7, 11) is 0. The van der Waals surface area contributed by atoms with Crippen LogP contribution < -0.4 is 10.2 Å². The average Bonchev–Trinajstić information content (AvgIpc) is 2.49. The molecule has 0 aliphatic carbocycles. The molecule has 2 aromatic rings. The first-order valence-corrected chi connectivity index (χ1v) is 6.76. The first-order chi connectivity index (χ1) is 11.3. The van der Waals surface area contributed by atoms with E-state index in [9.17, 15) is 27.2 Å². The number of anilines is 2. The first kappa shape index (κ1) is 17.5. The number of benzene rings is 2. The zero-order valence-electron chi connectivity index (χ0n) is 12.4. The van der Waals surface area contributed by atoms with Crippen LogP contribution in [0.5, 0.6) is 0 Å². The van der Waals surface area contributed by atoms with Crippen LogP contribution in [0.25, 0.3) is 0 Å². The largest absolute Gasteiger partial charge is 0.324 e. The molecule has 2 amide bonds. The Balaban J connectivity index is 2.20. The molecule has 0 atom stereocenters. The highest BCUT2D eigenvalue weighted by molar-refractivity contribution is 6.01. The van der Waals surface area contributed by atoms with Gasteiger partial charge in [-0.05, 0) is 24.3 Å². The molecule has 2 rings (SSSR count). The molecule has 0 aromatic heterocycles. The van der Waals surface area contributed by atoms with Crippen LogP contribution in [-0.2, 0) is 9.59 Å². The molecule has 0 unspecified atom stereocenters. The Bertz CT molecular complexity index is 775. The van der Waals surface area contributed by atoms with Crippen molar-refractivity contribution >= 4 is 23.2 Å². The molecule has 8 heteroatoms. The lowest BCUT2D eigenvalue weighted by molar-refractivity contribution is -0.120. The summed E-state index contributed by atoms with van der Waals surface area (Å²) in [4.78, 5) is 24.2. The van der Waals surface area contributed by atoms with Crippen LogP contribution in [-0.4, -0.2) is 18.4 Å².